The molecule has 1 aromatic rings. The van der Waals surface area contributed by atoms with Crippen LogP contribution in [-0.2, 0) is 26.0 Å². The quantitative estimate of drug-likeness (QED) is 0.810. The summed E-state index contributed by atoms with van der Waals surface area (Å²) in [5.74, 6) is -0.251. The summed E-state index contributed by atoms with van der Waals surface area (Å²) in [6, 6.07) is 4.87. The van der Waals surface area contributed by atoms with Gasteiger partial charge in [0.2, 0.25) is 21.8 Å². The van der Waals surface area contributed by atoms with Gasteiger partial charge in [-0.2, -0.15) is 4.31 Å². The Balaban J connectivity index is 1.66. The molecule has 0 saturated carbocycles. The minimum Gasteiger partial charge on any atom is -0.353 e. The van der Waals surface area contributed by atoms with E-state index in [0.717, 1.165) is 6.42 Å². The molecule has 0 aromatic heterocycles. The molecule has 0 aliphatic carbocycles. The molecule has 0 bridgehead atoms. The van der Waals surface area contributed by atoms with Crippen LogP contribution in [-0.4, -0.2) is 43.7 Å². The second-order valence-corrected chi connectivity index (χ2v) is 8.98. The van der Waals surface area contributed by atoms with Crippen molar-refractivity contribution in [1.29, 1.82) is 0 Å². The highest BCUT2D eigenvalue weighted by Crippen LogP contribution is 2.29. The predicted molar refractivity (Wildman–Crippen MR) is 98.2 cm³/mol. The molecule has 1 atom stereocenters. The van der Waals surface area contributed by atoms with Gasteiger partial charge in [-0.3, -0.25) is 9.59 Å². The number of hydrogen-bond donors (Lipinski definition) is 2. The van der Waals surface area contributed by atoms with Crippen molar-refractivity contribution in [3.8, 4) is 0 Å². The lowest BCUT2D eigenvalue weighted by molar-refractivity contribution is -0.126. The van der Waals surface area contributed by atoms with Gasteiger partial charge in [0.1, 0.15) is 0 Å². The molecule has 1 saturated heterocycles. The molecule has 0 spiro atoms. The monoisotopic (exact) mass is 379 g/mol. The Bertz CT molecular complexity index is 814. The van der Waals surface area contributed by atoms with Crippen LogP contribution >= 0.6 is 0 Å². The van der Waals surface area contributed by atoms with E-state index in [0.29, 0.717) is 37.2 Å². The fraction of sp³-hybridized carbons (Fsp3) is 0.556. The zero-order valence-corrected chi connectivity index (χ0v) is 15.9. The number of piperidine rings is 1. The topological polar surface area (TPSA) is 95.6 Å². The van der Waals surface area contributed by atoms with Crippen molar-refractivity contribution in [1.82, 2.24) is 9.62 Å². The predicted octanol–water partition coefficient (Wildman–Crippen LogP) is 1.50. The lowest BCUT2D eigenvalue weighted by atomic mass is 9.97. The molecule has 2 aliphatic rings. The smallest absolute Gasteiger partial charge is 0.243 e. The Morgan fingerprint density at radius 2 is 2.04 bits per heavy atom. The average Bonchev–Trinajstić information content (AvgIpc) is 3.00. The van der Waals surface area contributed by atoms with E-state index in [9.17, 15) is 18.0 Å². The first-order valence-corrected chi connectivity index (χ1v) is 10.5. The third-order valence-corrected chi connectivity index (χ3v) is 7.06. The van der Waals surface area contributed by atoms with Crippen LogP contribution in [0.3, 0.4) is 0 Å². The molecule has 3 rings (SSSR count). The van der Waals surface area contributed by atoms with Gasteiger partial charge < -0.3 is 10.6 Å². The molecule has 1 fully saturated rings. The van der Waals surface area contributed by atoms with E-state index in [4.69, 9.17) is 0 Å². The van der Waals surface area contributed by atoms with Gasteiger partial charge in [0.25, 0.3) is 0 Å². The number of rotatable bonds is 5. The lowest BCUT2D eigenvalue weighted by Crippen LogP contribution is -2.44. The fourth-order valence-electron chi connectivity index (χ4n) is 3.34. The second-order valence-electron chi connectivity index (χ2n) is 7.04. The second kappa shape index (κ2) is 7.36. The highest BCUT2D eigenvalue weighted by Gasteiger charge is 2.33. The summed E-state index contributed by atoms with van der Waals surface area (Å²) in [6.07, 6.45) is 2.12. The Kier molecular flexibility index (Phi) is 5.34. The SMILES string of the molecule is CCC(C)NC(=O)C1CCN(S(=O)(=O)c2ccc3c(c2)CC(=O)N3)CC1. The molecule has 2 amide bonds. The van der Waals surface area contributed by atoms with Gasteiger partial charge in [0, 0.05) is 30.7 Å². The molecule has 26 heavy (non-hydrogen) atoms. The molecule has 2 aliphatic heterocycles. The minimum absolute atomic E-state index is 0.0125. The summed E-state index contributed by atoms with van der Waals surface area (Å²) in [6.45, 7) is 4.63. The molecule has 2 N–H and O–H groups in total. The Labute approximate surface area is 154 Å². The number of sulfonamides is 1. The van der Waals surface area contributed by atoms with Crippen molar-refractivity contribution in [3.63, 3.8) is 0 Å². The number of carbonyl (C=O) groups is 2. The van der Waals surface area contributed by atoms with E-state index in [2.05, 4.69) is 10.6 Å². The first-order chi connectivity index (χ1) is 12.3. The first kappa shape index (κ1) is 18.8. The Hall–Kier alpha value is -1.93. The van der Waals surface area contributed by atoms with Crippen LogP contribution in [0.1, 0.15) is 38.7 Å². The highest BCUT2D eigenvalue weighted by molar-refractivity contribution is 7.89. The average molecular weight is 379 g/mol. The molecule has 2 heterocycles. The summed E-state index contributed by atoms with van der Waals surface area (Å²) < 4.78 is 27.2. The van der Waals surface area contributed by atoms with Gasteiger partial charge in [-0.15, -0.1) is 0 Å². The van der Waals surface area contributed by atoms with Crippen molar-refractivity contribution in [3.05, 3.63) is 23.8 Å². The van der Waals surface area contributed by atoms with Crippen LogP contribution in [0.4, 0.5) is 5.69 Å². The Morgan fingerprint density at radius 3 is 2.69 bits per heavy atom. The number of benzene rings is 1. The van der Waals surface area contributed by atoms with Crippen LogP contribution in [0.5, 0.6) is 0 Å². The fourth-order valence-corrected chi connectivity index (χ4v) is 4.86. The third-order valence-electron chi connectivity index (χ3n) is 5.17. The van der Waals surface area contributed by atoms with Crippen LogP contribution in [0.2, 0.25) is 0 Å². The number of fused-ring (bicyclic) bond motifs is 1. The zero-order chi connectivity index (χ0) is 18.9. The number of hydrogen-bond acceptors (Lipinski definition) is 4. The van der Waals surface area contributed by atoms with Crippen molar-refractivity contribution in [2.45, 2.75) is 50.5 Å². The maximum atomic E-state index is 12.9. The van der Waals surface area contributed by atoms with E-state index in [1.54, 1.807) is 12.1 Å². The van der Waals surface area contributed by atoms with Gasteiger partial charge in [-0.1, -0.05) is 6.92 Å². The third kappa shape index (κ3) is 3.76. The normalized spacial score (nSPS) is 19.7. The van der Waals surface area contributed by atoms with Crippen molar-refractivity contribution >= 4 is 27.5 Å². The summed E-state index contributed by atoms with van der Waals surface area (Å²) in [4.78, 5) is 23.9. The number of nitrogens with one attached hydrogen (secondary N) is 2. The maximum Gasteiger partial charge on any atom is 0.243 e. The minimum atomic E-state index is -3.62. The van der Waals surface area contributed by atoms with Crippen molar-refractivity contribution in [2.75, 3.05) is 18.4 Å². The summed E-state index contributed by atoms with van der Waals surface area (Å²) in [5.41, 5.74) is 1.38. The zero-order valence-electron chi connectivity index (χ0n) is 15.1. The largest absolute Gasteiger partial charge is 0.353 e. The van der Waals surface area contributed by atoms with Gasteiger partial charge in [-0.25, -0.2) is 8.42 Å². The lowest BCUT2D eigenvalue weighted by Gasteiger charge is -2.31. The molecular weight excluding hydrogens is 354 g/mol. The first-order valence-electron chi connectivity index (χ1n) is 9.04. The van der Waals surface area contributed by atoms with Crippen molar-refractivity contribution in [2.24, 2.45) is 5.92 Å². The van der Waals surface area contributed by atoms with Crippen molar-refractivity contribution < 1.29 is 18.0 Å². The van der Waals surface area contributed by atoms with Gasteiger partial charge in [0.05, 0.1) is 11.3 Å². The summed E-state index contributed by atoms with van der Waals surface area (Å²) >= 11 is 0. The number of amides is 2. The molecule has 1 unspecified atom stereocenters. The molecule has 7 nitrogen and oxygen atoms in total. The number of anilines is 1. The Morgan fingerprint density at radius 1 is 1.35 bits per heavy atom. The highest BCUT2D eigenvalue weighted by atomic mass is 32.2. The molecule has 0 radical (unpaired) electrons. The summed E-state index contributed by atoms with van der Waals surface area (Å²) in [7, 11) is -3.62. The molecular formula is C18H25N3O4S. The van der Waals surface area contributed by atoms with Gasteiger partial charge in [0.15, 0.2) is 0 Å². The number of nitrogens with zero attached hydrogens (tertiary/aromatic N) is 1. The van der Waals surface area contributed by atoms with Gasteiger partial charge in [-0.05, 0) is 49.9 Å². The molecule has 142 valence electrons. The van der Waals surface area contributed by atoms with E-state index < -0.39 is 10.0 Å². The van der Waals surface area contributed by atoms with Crippen LogP contribution < -0.4 is 10.6 Å². The molecule has 8 heteroatoms. The van der Waals surface area contributed by atoms with E-state index >= 15 is 0 Å². The maximum absolute atomic E-state index is 12.9. The van der Waals surface area contributed by atoms with E-state index in [1.165, 1.54) is 10.4 Å². The summed E-state index contributed by atoms with van der Waals surface area (Å²) in [5, 5.41) is 5.67. The van der Waals surface area contributed by atoms with E-state index in [1.807, 2.05) is 13.8 Å². The number of carbonyl (C=O) groups excluding carboxylic acids is 2. The van der Waals surface area contributed by atoms with Crippen LogP contribution in [0.15, 0.2) is 23.1 Å². The van der Waals surface area contributed by atoms with Crippen LogP contribution in [0, 0.1) is 5.92 Å². The van der Waals surface area contributed by atoms with Crippen LogP contribution in [0.25, 0.3) is 0 Å². The van der Waals surface area contributed by atoms with E-state index in [-0.39, 0.29) is 35.1 Å². The standard InChI is InChI=1S/C18H25N3O4S/c1-3-12(2)19-18(23)13-6-8-21(9-7-13)26(24,25)15-4-5-16-14(10-15)11-17(22)20-16/h4-5,10,12-13H,3,6-9,11H2,1-2H3,(H,19,23)(H,20,22). The van der Waals surface area contributed by atoms with Gasteiger partial charge >= 0.3 is 0 Å². The molecule has 1 aromatic carbocycles.